The molecular formula is C21H33FN2O3. The Morgan fingerprint density at radius 3 is 2.37 bits per heavy atom. The first-order valence-electron chi connectivity index (χ1n) is 9.20. The second-order valence-corrected chi connectivity index (χ2v) is 6.56. The molecule has 0 fully saturated rings. The van der Waals surface area contributed by atoms with Crippen molar-refractivity contribution in [1.82, 2.24) is 5.32 Å². The van der Waals surface area contributed by atoms with Crippen LogP contribution >= 0.6 is 0 Å². The summed E-state index contributed by atoms with van der Waals surface area (Å²) in [6, 6.07) is 6.23. The van der Waals surface area contributed by atoms with Gasteiger partial charge in [0, 0.05) is 5.56 Å². The Morgan fingerprint density at radius 1 is 1.26 bits per heavy atom. The summed E-state index contributed by atoms with van der Waals surface area (Å²) >= 11 is 0. The fourth-order valence-corrected chi connectivity index (χ4v) is 1.95. The molecule has 1 amide bonds. The lowest BCUT2D eigenvalue weighted by molar-refractivity contribution is 0.0533. The molecule has 1 N–H and O–H groups in total. The summed E-state index contributed by atoms with van der Waals surface area (Å²) in [5.74, 6) is -0.0297. The first kappa shape index (κ1) is 24.6. The van der Waals surface area contributed by atoms with Gasteiger partial charge in [-0.1, -0.05) is 32.9 Å². The van der Waals surface area contributed by atoms with Crippen LogP contribution in [0.5, 0.6) is 0 Å². The molecule has 0 spiro atoms. The third-order valence-electron chi connectivity index (χ3n) is 3.29. The Labute approximate surface area is 162 Å². The van der Waals surface area contributed by atoms with E-state index in [1.807, 2.05) is 27.7 Å². The zero-order chi connectivity index (χ0) is 21.0. The minimum atomic E-state index is -0.583. The number of hydrogen-bond acceptors (Lipinski definition) is 4. The molecule has 0 aliphatic rings. The molecule has 0 bridgehead atoms. The SMILES string of the molecule is CC.CC/C(C)=C(\N=C(CNC(=O)OC(C)(C)C)OC)c1cccc(F)c1. The highest BCUT2D eigenvalue weighted by atomic mass is 19.1. The van der Waals surface area contributed by atoms with Crippen molar-refractivity contribution in [2.24, 2.45) is 4.99 Å². The first-order chi connectivity index (χ1) is 12.7. The van der Waals surface area contributed by atoms with Crippen LogP contribution in [0, 0.1) is 5.82 Å². The average molecular weight is 381 g/mol. The highest BCUT2D eigenvalue weighted by Gasteiger charge is 2.16. The van der Waals surface area contributed by atoms with E-state index in [-0.39, 0.29) is 12.4 Å². The predicted molar refractivity (Wildman–Crippen MR) is 109 cm³/mol. The Hall–Kier alpha value is -2.37. The third kappa shape index (κ3) is 9.78. The third-order valence-corrected chi connectivity index (χ3v) is 3.29. The Bertz CT molecular complexity index is 662. The zero-order valence-corrected chi connectivity index (χ0v) is 17.8. The van der Waals surface area contributed by atoms with Gasteiger partial charge in [-0.25, -0.2) is 14.2 Å². The van der Waals surface area contributed by atoms with Gasteiger partial charge in [-0.05, 0) is 51.8 Å². The van der Waals surface area contributed by atoms with Crippen LogP contribution in [-0.2, 0) is 9.47 Å². The van der Waals surface area contributed by atoms with E-state index in [0.717, 1.165) is 12.0 Å². The molecular weight excluding hydrogens is 347 g/mol. The van der Waals surface area contributed by atoms with E-state index in [0.29, 0.717) is 17.2 Å². The molecule has 152 valence electrons. The Morgan fingerprint density at radius 2 is 1.89 bits per heavy atom. The number of nitrogens with one attached hydrogen (secondary N) is 1. The van der Waals surface area contributed by atoms with Crippen molar-refractivity contribution in [3.05, 3.63) is 41.2 Å². The van der Waals surface area contributed by atoms with Crippen LogP contribution in [0.25, 0.3) is 5.70 Å². The topological polar surface area (TPSA) is 59.9 Å². The summed E-state index contributed by atoms with van der Waals surface area (Å²) in [6.07, 6.45) is 0.201. The van der Waals surface area contributed by atoms with E-state index in [9.17, 15) is 9.18 Å². The molecule has 1 aromatic rings. The number of benzene rings is 1. The number of aliphatic imine (C=N–C) groups is 1. The molecule has 1 rings (SSSR count). The van der Waals surface area contributed by atoms with E-state index in [1.54, 1.807) is 32.9 Å². The maximum absolute atomic E-state index is 13.5. The van der Waals surface area contributed by atoms with Gasteiger partial charge < -0.3 is 14.8 Å². The molecule has 6 heteroatoms. The fraction of sp³-hybridized carbons (Fsp3) is 0.524. The van der Waals surface area contributed by atoms with Crippen LogP contribution in [0.1, 0.15) is 60.5 Å². The first-order valence-corrected chi connectivity index (χ1v) is 9.20. The summed E-state index contributed by atoms with van der Waals surface area (Å²) in [6.45, 7) is 13.4. The number of carbonyl (C=O) groups is 1. The normalized spacial score (nSPS) is 12.4. The molecule has 27 heavy (non-hydrogen) atoms. The van der Waals surface area contributed by atoms with E-state index in [2.05, 4.69) is 10.3 Å². The zero-order valence-electron chi connectivity index (χ0n) is 17.8. The maximum atomic E-state index is 13.5. The highest BCUT2D eigenvalue weighted by molar-refractivity contribution is 5.88. The number of halogens is 1. The number of alkyl carbamates (subject to hydrolysis) is 1. The molecule has 0 radical (unpaired) electrons. The summed E-state index contributed by atoms with van der Waals surface area (Å²) in [5, 5.41) is 2.60. The number of carbonyl (C=O) groups excluding carboxylic acids is 1. The molecule has 0 saturated heterocycles. The second kappa shape index (κ2) is 12.1. The Balaban J connectivity index is 0.00000326. The molecule has 0 saturated carbocycles. The lowest BCUT2D eigenvalue weighted by Gasteiger charge is -2.19. The van der Waals surface area contributed by atoms with Gasteiger partial charge in [-0.3, -0.25) is 0 Å². The van der Waals surface area contributed by atoms with Gasteiger partial charge in [0.05, 0.1) is 19.4 Å². The van der Waals surface area contributed by atoms with E-state index in [1.165, 1.54) is 19.2 Å². The van der Waals surface area contributed by atoms with Crippen molar-refractivity contribution in [1.29, 1.82) is 0 Å². The number of allylic oxidation sites excluding steroid dienone is 1. The van der Waals surface area contributed by atoms with Crippen LogP contribution in [-0.4, -0.2) is 31.2 Å². The van der Waals surface area contributed by atoms with Gasteiger partial charge in [-0.15, -0.1) is 0 Å². The van der Waals surface area contributed by atoms with Gasteiger partial charge in [0.15, 0.2) is 0 Å². The van der Waals surface area contributed by atoms with Crippen molar-refractivity contribution in [2.75, 3.05) is 13.7 Å². The van der Waals surface area contributed by atoms with Crippen molar-refractivity contribution < 1.29 is 18.7 Å². The smallest absolute Gasteiger partial charge is 0.408 e. The minimum absolute atomic E-state index is 0.0707. The van der Waals surface area contributed by atoms with Crippen molar-refractivity contribution in [3.8, 4) is 0 Å². The number of nitrogens with zero attached hydrogens (tertiary/aromatic N) is 1. The van der Waals surface area contributed by atoms with Crippen molar-refractivity contribution in [2.45, 2.75) is 60.5 Å². The molecule has 0 unspecified atom stereocenters. The van der Waals surface area contributed by atoms with Crippen LogP contribution in [0.4, 0.5) is 9.18 Å². The largest absolute Gasteiger partial charge is 0.483 e. The van der Waals surface area contributed by atoms with Crippen LogP contribution in [0.2, 0.25) is 0 Å². The number of hydrogen-bond donors (Lipinski definition) is 1. The molecule has 0 heterocycles. The quantitative estimate of drug-likeness (QED) is 0.537. The van der Waals surface area contributed by atoms with Gasteiger partial charge >= 0.3 is 6.09 Å². The van der Waals surface area contributed by atoms with Crippen LogP contribution in [0.3, 0.4) is 0 Å². The van der Waals surface area contributed by atoms with E-state index >= 15 is 0 Å². The van der Waals surface area contributed by atoms with Crippen molar-refractivity contribution >= 4 is 17.7 Å². The highest BCUT2D eigenvalue weighted by Crippen LogP contribution is 2.23. The molecule has 0 aliphatic heterocycles. The van der Waals surface area contributed by atoms with Gasteiger partial charge in [0.1, 0.15) is 11.4 Å². The predicted octanol–water partition coefficient (Wildman–Crippen LogP) is 5.56. The molecule has 0 aliphatic carbocycles. The summed E-state index contributed by atoms with van der Waals surface area (Å²) in [5.41, 5.74) is 1.69. The van der Waals surface area contributed by atoms with Gasteiger partial charge in [0.25, 0.3) is 0 Å². The minimum Gasteiger partial charge on any atom is -0.483 e. The Kier molecular flexibility index (Phi) is 11.0. The molecule has 0 aromatic heterocycles. The molecule has 0 atom stereocenters. The van der Waals surface area contributed by atoms with E-state index in [4.69, 9.17) is 9.47 Å². The molecule has 1 aromatic carbocycles. The number of rotatable bonds is 5. The standard InChI is InChI=1S/C19H27FN2O3.C2H6/c1-7-13(2)17(14-9-8-10-15(20)11-14)22-16(24-6)12-21-18(23)25-19(3,4)5;1-2/h8-11H,7,12H2,1-6H3,(H,21,23);1-2H3/b17-13-,22-16?;. The number of methoxy groups -OCH3 is 1. The van der Waals surface area contributed by atoms with Gasteiger partial charge in [0.2, 0.25) is 5.90 Å². The lowest BCUT2D eigenvalue weighted by atomic mass is 10.1. The summed E-state index contributed by atoms with van der Waals surface area (Å²) in [4.78, 5) is 16.2. The number of amides is 1. The summed E-state index contributed by atoms with van der Waals surface area (Å²) < 4.78 is 24.0. The van der Waals surface area contributed by atoms with Crippen molar-refractivity contribution in [3.63, 3.8) is 0 Å². The second-order valence-electron chi connectivity index (χ2n) is 6.56. The van der Waals surface area contributed by atoms with Crippen LogP contribution in [0.15, 0.2) is 34.8 Å². The van der Waals surface area contributed by atoms with Gasteiger partial charge in [-0.2, -0.15) is 0 Å². The summed E-state index contributed by atoms with van der Waals surface area (Å²) in [7, 11) is 1.47. The number of ether oxygens (including phenoxy) is 2. The fourth-order valence-electron chi connectivity index (χ4n) is 1.95. The maximum Gasteiger partial charge on any atom is 0.408 e. The van der Waals surface area contributed by atoms with E-state index < -0.39 is 11.7 Å². The monoisotopic (exact) mass is 380 g/mol. The lowest BCUT2D eigenvalue weighted by Crippen LogP contribution is -2.35. The van der Waals surface area contributed by atoms with Crippen LogP contribution < -0.4 is 5.32 Å². The average Bonchev–Trinajstić information content (AvgIpc) is 2.61. The molecule has 5 nitrogen and oxygen atoms in total.